The monoisotopic (exact) mass is 423 g/mol. The molecule has 1 aliphatic rings. The largest absolute Gasteiger partial charge is 0.477 e. The zero-order valence-corrected chi connectivity index (χ0v) is 16.2. The van der Waals surface area contributed by atoms with Crippen LogP contribution in [0.3, 0.4) is 0 Å². The third kappa shape index (κ3) is 8.07. The molecule has 3 N–H and O–H groups in total. The van der Waals surface area contributed by atoms with Gasteiger partial charge in [0.15, 0.2) is 5.96 Å². The summed E-state index contributed by atoms with van der Waals surface area (Å²) < 4.78 is 48.3. The molecule has 0 saturated carbocycles. The van der Waals surface area contributed by atoms with Gasteiger partial charge in [0.25, 0.3) is 0 Å². The molecule has 0 spiro atoms. The Labute approximate surface area is 167 Å². The number of halogens is 4. The Balaban J connectivity index is 1.58. The number of guanidine groups is 1. The van der Waals surface area contributed by atoms with E-state index >= 15 is 0 Å². The Hall–Kier alpha value is -1.78. The van der Waals surface area contributed by atoms with Crippen molar-refractivity contribution in [2.45, 2.75) is 19.0 Å². The summed E-state index contributed by atoms with van der Waals surface area (Å²) >= 11 is 5.77. The van der Waals surface area contributed by atoms with E-state index in [1.54, 1.807) is 0 Å². The van der Waals surface area contributed by atoms with Crippen LogP contribution in [0.5, 0.6) is 5.88 Å². The molecule has 1 aromatic rings. The van der Waals surface area contributed by atoms with E-state index in [4.69, 9.17) is 26.8 Å². The van der Waals surface area contributed by atoms with Gasteiger partial charge in [-0.25, -0.2) is 4.98 Å². The molecule has 1 aromatic heterocycles. The summed E-state index contributed by atoms with van der Waals surface area (Å²) in [6.07, 6.45) is -2.32. The minimum absolute atomic E-state index is 0.0344. The fourth-order valence-electron chi connectivity index (χ4n) is 2.52. The number of aliphatic imine (C=N–C) groups is 1. The van der Waals surface area contributed by atoms with Gasteiger partial charge in [0.1, 0.15) is 5.02 Å². The fourth-order valence-corrected chi connectivity index (χ4v) is 2.74. The number of ether oxygens (including phenoxy) is 2. The third-order valence-corrected chi connectivity index (χ3v) is 4.29. The lowest BCUT2D eigenvalue weighted by atomic mass is 10.3. The van der Waals surface area contributed by atoms with E-state index in [1.807, 2.05) is 0 Å². The van der Waals surface area contributed by atoms with Crippen LogP contribution in [0.15, 0.2) is 17.3 Å². The Kier molecular flexibility index (Phi) is 9.07. The highest BCUT2D eigenvalue weighted by molar-refractivity contribution is 6.31. The van der Waals surface area contributed by atoms with Crippen LogP contribution in [-0.2, 0) is 10.9 Å². The Morgan fingerprint density at radius 3 is 2.79 bits per heavy atom. The highest BCUT2D eigenvalue weighted by Gasteiger charge is 2.31. The minimum Gasteiger partial charge on any atom is -0.477 e. The fraction of sp³-hybridized carbons (Fsp3) is 0.647. The molecule has 0 aromatic carbocycles. The maximum absolute atomic E-state index is 12.6. The number of hydrogen-bond acceptors (Lipinski definition) is 5. The van der Waals surface area contributed by atoms with E-state index in [-0.39, 0.29) is 17.5 Å². The lowest BCUT2D eigenvalue weighted by molar-refractivity contribution is -0.137. The van der Waals surface area contributed by atoms with Crippen molar-refractivity contribution in [1.82, 2.24) is 15.2 Å². The zero-order valence-electron chi connectivity index (χ0n) is 15.5. The predicted molar refractivity (Wildman–Crippen MR) is 101 cm³/mol. The summed E-state index contributed by atoms with van der Waals surface area (Å²) in [5, 5.41) is 2.87. The molecular weight excluding hydrogens is 399 g/mol. The summed E-state index contributed by atoms with van der Waals surface area (Å²) in [5.74, 6) is 0.320. The van der Waals surface area contributed by atoms with Crippen molar-refractivity contribution in [2.75, 3.05) is 52.5 Å². The second kappa shape index (κ2) is 11.3. The van der Waals surface area contributed by atoms with Crippen LogP contribution >= 0.6 is 11.6 Å². The van der Waals surface area contributed by atoms with Crippen LogP contribution in [0, 0.1) is 0 Å². The van der Waals surface area contributed by atoms with Crippen molar-refractivity contribution in [3.8, 4) is 5.88 Å². The number of rotatable bonds is 9. The molecule has 1 fully saturated rings. The highest BCUT2D eigenvalue weighted by Crippen LogP contribution is 2.33. The first-order valence-corrected chi connectivity index (χ1v) is 9.43. The number of aromatic nitrogens is 1. The van der Waals surface area contributed by atoms with E-state index in [0.717, 1.165) is 51.9 Å². The topological polar surface area (TPSA) is 85.0 Å². The highest BCUT2D eigenvalue weighted by atomic mass is 35.5. The molecule has 2 heterocycles. The number of alkyl halides is 3. The van der Waals surface area contributed by atoms with Gasteiger partial charge in [-0.1, -0.05) is 11.6 Å². The Morgan fingerprint density at radius 1 is 1.36 bits per heavy atom. The van der Waals surface area contributed by atoms with Gasteiger partial charge in [0.05, 0.1) is 25.4 Å². The quantitative estimate of drug-likeness (QED) is 0.359. The Bertz CT molecular complexity index is 640. The summed E-state index contributed by atoms with van der Waals surface area (Å²) in [4.78, 5) is 10.1. The van der Waals surface area contributed by atoms with Crippen LogP contribution in [0.25, 0.3) is 0 Å². The van der Waals surface area contributed by atoms with E-state index in [0.29, 0.717) is 25.1 Å². The van der Waals surface area contributed by atoms with Crippen molar-refractivity contribution in [3.05, 3.63) is 22.8 Å². The summed E-state index contributed by atoms with van der Waals surface area (Å²) in [7, 11) is 0. The molecular formula is C17H25ClF3N5O2. The predicted octanol–water partition coefficient (Wildman–Crippen LogP) is 2.15. The SMILES string of the molecule is NC(=NCCCOc1ncc(C(F)(F)F)cc1Cl)NCCCN1CCOCC1. The molecule has 0 bridgehead atoms. The van der Waals surface area contributed by atoms with E-state index in [2.05, 4.69) is 20.2 Å². The maximum atomic E-state index is 12.6. The molecule has 0 amide bonds. The Morgan fingerprint density at radius 2 is 2.11 bits per heavy atom. The number of morpholine rings is 1. The molecule has 2 rings (SSSR count). The number of nitrogens with zero attached hydrogens (tertiary/aromatic N) is 3. The molecule has 0 atom stereocenters. The van der Waals surface area contributed by atoms with Gasteiger partial charge >= 0.3 is 6.18 Å². The zero-order chi connectivity index (χ0) is 20.4. The van der Waals surface area contributed by atoms with Crippen LogP contribution in [-0.4, -0.2) is 68.4 Å². The van der Waals surface area contributed by atoms with Crippen molar-refractivity contribution in [2.24, 2.45) is 10.7 Å². The van der Waals surface area contributed by atoms with Gasteiger partial charge in [-0.05, 0) is 19.0 Å². The molecule has 158 valence electrons. The van der Waals surface area contributed by atoms with Gasteiger partial charge < -0.3 is 20.5 Å². The summed E-state index contributed by atoms with van der Waals surface area (Å²) in [6.45, 7) is 5.83. The van der Waals surface area contributed by atoms with Crippen LogP contribution in [0.4, 0.5) is 13.2 Å². The van der Waals surface area contributed by atoms with Gasteiger partial charge in [-0.15, -0.1) is 0 Å². The molecule has 0 aliphatic carbocycles. The van der Waals surface area contributed by atoms with Crippen molar-refractivity contribution >= 4 is 17.6 Å². The van der Waals surface area contributed by atoms with Crippen LogP contribution < -0.4 is 15.8 Å². The standard InChI is InChI=1S/C17H25ClF3N5O2/c18-14-11-13(17(19,20)21)12-25-15(14)28-8-2-4-24-16(22)23-3-1-5-26-6-9-27-10-7-26/h11-12H,1-10H2,(H3,22,23,24). The number of nitrogens with one attached hydrogen (secondary N) is 1. The summed E-state index contributed by atoms with van der Waals surface area (Å²) in [5.41, 5.74) is 4.88. The van der Waals surface area contributed by atoms with E-state index < -0.39 is 11.7 Å². The van der Waals surface area contributed by atoms with Gasteiger partial charge in [-0.3, -0.25) is 9.89 Å². The lowest BCUT2D eigenvalue weighted by Crippen LogP contribution is -2.39. The first kappa shape index (κ1) is 22.5. The van der Waals surface area contributed by atoms with E-state index in [9.17, 15) is 13.2 Å². The van der Waals surface area contributed by atoms with Gasteiger partial charge in [0.2, 0.25) is 5.88 Å². The molecule has 28 heavy (non-hydrogen) atoms. The maximum Gasteiger partial charge on any atom is 0.417 e. The van der Waals surface area contributed by atoms with E-state index in [1.165, 1.54) is 0 Å². The molecule has 11 heteroatoms. The number of nitrogens with two attached hydrogens (primary N) is 1. The lowest BCUT2D eigenvalue weighted by Gasteiger charge is -2.26. The molecule has 0 unspecified atom stereocenters. The molecule has 1 saturated heterocycles. The normalized spacial score (nSPS) is 16.2. The second-order valence-electron chi connectivity index (χ2n) is 6.21. The first-order chi connectivity index (χ1) is 13.4. The third-order valence-electron chi connectivity index (χ3n) is 4.02. The van der Waals surface area contributed by atoms with Gasteiger partial charge in [-0.2, -0.15) is 13.2 Å². The molecule has 7 nitrogen and oxygen atoms in total. The summed E-state index contributed by atoms with van der Waals surface area (Å²) in [6, 6.07) is 0.793. The van der Waals surface area contributed by atoms with Crippen molar-refractivity contribution in [1.29, 1.82) is 0 Å². The number of pyridine rings is 1. The average Bonchev–Trinajstić information content (AvgIpc) is 2.66. The van der Waals surface area contributed by atoms with Crippen molar-refractivity contribution < 1.29 is 22.6 Å². The first-order valence-electron chi connectivity index (χ1n) is 9.05. The van der Waals surface area contributed by atoms with Gasteiger partial charge in [0, 0.05) is 38.8 Å². The molecule has 1 aliphatic heterocycles. The van der Waals surface area contributed by atoms with Crippen molar-refractivity contribution in [3.63, 3.8) is 0 Å². The average molecular weight is 424 g/mol. The smallest absolute Gasteiger partial charge is 0.417 e. The van der Waals surface area contributed by atoms with Crippen LogP contribution in [0.1, 0.15) is 18.4 Å². The second-order valence-corrected chi connectivity index (χ2v) is 6.62. The number of hydrogen-bond donors (Lipinski definition) is 2. The molecule has 0 radical (unpaired) electrons. The van der Waals surface area contributed by atoms with Crippen LogP contribution in [0.2, 0.25) is 5.02 Å². The minimum atomic E-state index is -4.49.